The molecule has 0 unspecified atom stereocenters. The standard InChI is InChI=1S/C30H22N4OS/c35-28(23-17-15-22(16-18-23)21-9-3-1-4-10-21)20-36-30-33-32-29(34(30)24-11-5-2-6-12-24)26-19-31-27-14-8-7-13-25(26)27/h1-19,31H,20H2. The van der Waals surface area contributed by atoms with Crippen molar-refractivity contribution in [1.29, 1.82) is 0 Å². The van der Waals surface area contributed by atoms with Crippen molar-refractivity contribution >= 4 is 28.4 Å². The lowest BCUT2D eigenvalue weighted by molar-refractivity contribution is 0.102. The summed E-state index contributed by atoms with van der Waals surface area (Å²) < 4.78 is 2.02. The van der Waals surface area contributed by atoms with Gasteiger partial charge in [-0.1, -0.05) is 103 Å². The summed E-state index contributed by atoms with van der Waals surface area (Å²) >= 11 is 1.40. The molecule has 0 fully saturated rings. The fraction of sp³-hybridized carbons (Fsp3) is 0.0333. The number of hydrogen-bond acceptors (Lipinski definition) is 4. The lowest BCUT2D eigenvalue weighted by Gasteiger charge is -2.10. The van der Waals surface area contributed by atoms with Crippen molar-refractivity contribution < 1.29 is 4.79 Å². The second kappa shape index (κ2) is 9.68. The summed E-state index contributed by atoms with van der Waals surface area (Å²) in [6.07, 6.45) is 1.96. The number of carbonyl (C=O) groups excluding carboxylic acids is 1. The quantitative estimate of drug-likeness (QED) is 0.194. The SMILES string of the molecule is O=C(CSc1nnc(-c2c[nH]c3ccccc23)n1-c1ccccc1)c1ccc(-c2ccccc2)cc1. The first-order valence-electron chi connectivity index (χ1n) is 11.7. The Morgan fingerprint density at radius 3 is 2.19 bits per heavy atom. The molecular formula is C30H22N4OS. The largest absolute Gasteiger partial charge is 0.360 e. The first kappa shape index (κ1) is 22.1. The molecule has 0 saturated carbocycles. The summed E-state index contributed by atoms with van der Waals surface area (Å²) in [5.74, 6) is 1.06. The van der Waals surface area contributed by atoms with Crippen LogP contribution in [0.4, 0.5) is 0 Å². The number of fused-ring (bicyclic) bond motifs is 1. The van der Waals surface area contributed by atoms with Gasteiger partial charge in [-0.25, -0.2) is 0 Å². The number of para-hydroxylation sites is 2. The van der Waals surface area contributed by atoms with E-state index in [1.54, 1.807) is 0 Å². The van der Waals surface area contributed by atoms with E-state index in [4.69, 9.17) is 0 Å². The average molecular weight is 487 g/mol. The van der Waals surface area contributed by atoms with Gasteiger partial charge in [0.25, 0.3) is 0 Å². The predicted molar refractivity (Wildman–Crippen MR) is 146 cm³/mol. The second-order valence-electron chi connectivity index (χ2n) is 8.38. The summed E-state index contributed by atoms with van der Waals surface area (Å²) in [6.45, 7) is 0. The van der Waals surface area contributed by atoms with Crippen molar-refractivity contribution in [2.75, 3.05) is 5.75 Å². The van der Waals surface area contributed by atoms with Gasteiger partial charge < -0.3 is 4.98 Å². The van der Waals surface area contributed by atoms with Crippen molar-refractivity contribution in [2.24, 2.45) is 0 Å². The van der Waals surface area contributed by atoms with Crippen LogP contribution < -0.4 is 0 Å². The molecule has 36 heavy (non-hydrogen) atoms. The van der Waals surface area contributed by atoms with E-state index in [1.165, 1.54) is 11.8 Å². The summed E-state index contributed by atoms with van der Waals surface area (Å²) in [6, 6.07) is 36.1. The van der Waals surface area contributed by atoms with E-state index in [2.05, 4.69) is 33.4 Å². The van der Waals surface area contributed by atoms with Gasteiger partial charge in [-0.05, 0) is 29.3 Å². The van der Waals surface area contributed by atoms with Crippen LogP contribution in [0.25, 0.3) is 39.1 Å². The minimum Gasteiger partial charge on any atom is -0.360 e. The molecule has 0 amide bonds. The minimum absolute atomic E-state index is 0.0517. The third kappa shape index (κ3) is 4.23. The van der Waals surface area contributed by atoms with Gasteiger partial charge in [0, 0.05) is 33.9 Å². The molecule has 0 aliphatic carbocycles. The van der Waals surface area contributed by atoms with Gasteiger partial charge in [-0.15, -0.1) is 10.2 Å². The summed E-state index contributed by atoms with van der Waals surface area (Å²) in [5, 5.41) is 10.8. The molecule has 1 N–H and O–H groups in total. The zero-order chi connectivity index (χ0) is 24.3. The number of thioether (sulfide) groups is 1. The van der Waals surface area contributed by atoms with Crippen LogP contribution in [-0.2, 0) is 0 Å². The maximum absolute atomic E-state index is 13.0. The van der Waals surface area contributed by atoms with E-state index in [-0.39, 0.29) is 11.5 Å². The highest BCUT2D eigenvalue weighted by atomic mass is 32.2. The molecule has 174 valence electrons. The Kier molecular flexibility index (Phi) is 5.93. The lowest BCUT2D eigenvalue weighted by atomic mass is 10.0. The molecule has 0 aliphatic heterocycles. The lowest BCUT2D eigenvalue weighted by Crippen LogP contribution is -2.05. The molecule has 0 spiro atoms. The zero-order valence-electron chi connectivity index (χ0n) is 19.3. The van der Waals surface area contributed by atoms with Crippen molar-refractivity contribution in [3.63, 3.8) is 0 Å². The Balaban J connectivity index is 1.28. The van der Waals surface area contributed by atoms with Crippen LogP contribution in [0.1, 0.15) is 10.4 Å². The number of Topliss-reactive ketones (excluding diaryl/α,β-unsaturated/α-hetero) is 1. The van der Waals surface area contributed by atoms with Gasteiger partial charge in [-0.2, -0.15) is 0 Å². The van der Waals surface area contributed by atoms with E-state index in [0.717, 1.165) is 39.1 Å². The van der Waals surface area contributed by atoms with Crippen molar-refractivity contribution in [2.45, 2.75) is 5.16 Å². The Bertz CT molecular complexity index is 1640. The first-order chi connectivity index (χ1) is 17.8. The Morgan fingerprint density at radius 2 is 1.42 bits per heavy atom. The zero-order valence-corrected chi connectivity index (χ0v) is 20.2. The second-order valence-corrected chi connectivity index (χ2v) is 9.32. The minimum atomic E-state index is 0.0517. The summed E-state index contributed by atoms with van der Waals surface area (Å²) in [5.41, 5.74) is 5.86. The highest BCUT2D eigenvalue weighted by molar-refractivity contribution is 7.99. The van der Waals surface area contributed by atoms with Crippen LogP contribution in [0.15, 0.2) is 121 Å². The molecule has 4 aromatic carbocycles. The Labute approximate surface area is 212 Å². The van der Waals surface area contributed by atoms with E-state index in [0.29, 0.717) is 10.7 Å². The number of carbonyl (C=O) groups is 1. The molecule has 2 aromatic heterocycles. The van der Waals surface area contributed by atoms with Crippen LogP contribution >= 0.6 is 11.8 Å². The molecule has 0 radical (unpaired) electrons. The summed E-state index contributed by atoms with van der Waals surface area (Å²) in [4.78, 5) is 16.4. The number of aromatic nitrogens is 4. The number of rotatable bonds is 7. The van der Waals surface area contributed by atoms with Crippen LogP contribution in [0.3, 0.4) is 0 Å². The number of nitrogens with zero attached hydrogens (tertiary/aromatic N) is 3. The fourth-order valence-corrected chi connectivity index (χ4v) is 5.14. The average Bonchev–Trinajstić information content (AvgIpc) is 3.57. The molecule has 0 bridgehead atoms. The molecule has 0 saturated heterocycles. The van der Waals surface area contributed by atoms with E-state index in [9.17, 15) is 4.79 Å². The molecule has 6 heteroatoms. The third-order valence-corrected chi connectivity index (χ3v) is 7.05. The van der Waals surface area contributed by atoms with Gasteiger partial charge in [0.05, 0.1) is 5.75 Å². The molecule has 6 rings (SSSR count). The first-order valence-corrected chi connectivity index (χ1v) is 12.7. The maximum Gasteiger partial charge on any atom is 0.196 e. The number of nitrogens with one attached hydrogen (secondary N) is 1. The molecule has 5 nitrogen and oxygen atoms in total. The molecule has 2 heterocycles. The number of benzene rings is 4. The fourth-order valence-electron chi connectivity index (χ4n) is 4.30. The maximum atomic E-state index is 13.0. The van der Waals surface area contributed by atoms with Crippen LogP contribution in [-0.4, -0.2) is 31.3 Å². The van der Waals surface area contributed by atoms with E-state index >= 15 is 0 Å². The number of hydrogen-bond donors (Lipinski definition) is 1. The number of H-pyrrole nitrogens is 1. The molecule has 6 aromatic rings. The Morgan fingerprint density at radius 1 is 0.750 bits per heavy atom. The van der Waals surface area contributed by atoms with Gasteiger partial charge in [-0.3, -0.25) is 9.36 Å². The molecule has 0 atom stereocenters. The van der Waals surface area contributed by atoms with Crippen LogP contribution in [0.2, 0.25) is 0 Å². The third-order valence-electron chi connectivity index (χ3n) is 6.12. The topological polar surface area (TPSA) is 63.6 Å². The van der Waals surface area contributed by atoms with Crippen molar-refractivity contribution in [1.82, 2.24) is 19.7 Å². The smallest absolute Gasteiger partial charge is 0.196 e. The van der Waals surface area contributed by atoms with Gasteiger partial charge in [0.2, 0.25) is 0 Å². The van der Waals surface area contributed by atoms with Crippen LogP contribution in [0.5, 0.6) is 0 Å². The van der Waals surface area contributed by atoms with Gasteiger partial charge in [0.15, 0.2) is 16.8 Å². The predicted octanol–water partition coefficient (Wildman–Crippen LogP) is 7.06. The van der Waals surface area contributed by atoms with Crippen molar-refractivity contribution in [3.05, 3.63) is 121 Å². The molecular weight excluding hydrogens is 464 g/mol. The highest BCUT2D eigenvalue weighted by Gasteiger charge is 2.20. The monoisotopic (exact) mass is 486 g/mol. The number of aromatic amines is 1. The summed E-state index contributed by atoms with van der Waals surface area (Å²) in [7, 11) is 0. The van der Waals surface area contributed by atoms with Crippen molar-refractivity contribution in [3.8, 4) is 28.2 Å². The van der Waals surface area contributed by atoms with Gasteiger partial charge >= 0.3 is 0 Å². The van der Waals surface area contributed by atoms with E-state index < -0.39 is 0 Å². The normalized spacial score (nSPS) is 11.1. The Hall–Kier alpha value is -4.42. The molecule has 0 aliphatic rings. The van der Waals surface area contributed by atoms with E-state index in [1.807, 2.05) is 102 Å². The van der Waals surface area contributed by atoms with Gasteiger partial charge in [0.1, 0.15) is 0 Å². The van der Waals surface area contributed by atoms with Crippen LogP contribution in [0, 0.1) is 0 Å². The number of ketones is 1. The highest BCUT2D eigenvalue weighted by Crippen LogP contribution is 2.32.